The minimum atomic E-state index is -0.413. The third-order valence-electron chi connectivity index (χ3n) is 4.70. The first-order valence-electron chi connectivity index (χ1n) is 8.57. The molecular formula is C17H28N4O3. The zero-order valence-electron chi connectivity index (χ0n) is 15.3. The lowest BCUT2D eigenvalue weighted by molar-refractivity contribution is -0.133. The van der Waals surface area contributed by atoms with E-state index in [1.807, 2.05) is 37.4 Å². The van der Waals surface area contributed by atoms with Crippen LogP contribution in [0.4, 0.5) is 4.79 Å². The topological polar surface area (TPSA) is 76.5 Å². The van der Waals surface area contributed by atoms with Crippen molar-refractivity contribution in [2.24, 2.45) is 7.05 Å². The van der Waals surface area contributed by atoms with Crippen LogP contribution in [0.3, 0.4) is 0 Å². The second-order valence-corrected chi connectivity index (χ2v) is 6.42. The van der Waals surface area contributed by atoms with Gasteiger partial charge < -0.3 is 15.0 Å². The minimum Gasteiger partial charge on any atom is -0.450 e. The van der Waals surface area contributed by atoms with Gasteiger partial charge in [0.2, 0.25) is 5.91 Å². The van der Waals surface area contributed by atoms with E-state index in [4.69, 9.17) is 4.74 Å². The molecule has 0 bridgehead atoms. The van der Waals surface area contributed by atoms with Gasteiger partial charge in [-0.15, -0.1) is 0 Å². The van der Waals surface area contributed by atoms with Gasteiger partial charge in [-0.05, 0) is 40.5 Å². The van der Waals surface area contributed by atoms with E-state index < -0.39 is 6.09 Å². The van der Waals surface area contributed by atoms with Crippen LogP contribution in [-0.2, 0) is 16.6 Å². The number of hydrogen-bond donors (Lipinski definition) is 1. The van der Waals surface area contributed by atoms with Gasteiger partial charge in [-0.25, -0.2) is 4.79 Å². The Morgan fingerprint density at radius 3 is 2.71 bits per heavy atom. The molecule has 1 aliphatic heterocycles. The number of piperidine rings is 1. The molecule has 1 saturated heterocycles. The number of carbonyl (C=O) groups is 2. The summed E-state index contributed by atoms with van der Waals surface area (Å²) in [5, 5.41) is 7.25. The number of carbonyl (C=O) groups excluding carboxylic acids is 2. The Balaban J connectivity index is 2.04. The zero-order valence-corrected chi connectivity index (χ0v) is 15.3. The number of alkyl carbamates (subject to hydrolysis) is 1. The molecule has 1 aromatic rings. The molecule has 0 aromatic carbocycles. The maximum atomic E-state index is 12.9. The third-order valence-corrected chi connectivity index (χ3v) is 4.70. The predicted molar refractivity (Wildman–Crippen MR) is 90.9 cm³/mol. The van der Waals surface area contributed by atoms with Crippen molar-refractivity contribution in [1.82, 2.24) is 20.0 Å². The van der Waals surface area contributed by atoms with Gasteiger partial charge >= 0.3 is 6.09 Å². The number of nitrogens with zero attached hydrogens (tertiary/aromatic N) is 3. The van der Waals surface area contributed by atoms with Crippen LogP contribution in [0.2, 0.25) is 0 Å². The Kier molecular flexibility index (Phi) is 5.85. The van der Waals surface area contributed by atoms with Crippen LogP contribution < -0.4 is 5.32 Å². The Morgan fingerprint density at radius 2 is 2.12 bits per heavy atom. The monoisotopic (exact) mass is 336 g/mol. The SMILES string of the molecule is CCOC(=O)NC1CCCN(C(=O)C(C)c2c(C)nn(C)c2C)C1. The van der Waals surface area contributed by atoms with Gasteiger partial charge in [-0.2, -0.15) is 5.10 Å². The molecular weight excluding hydrogens is 308 g/mol. The fraction of sp³-hybridized carbons (Fsp3) is 0.706. The average molecular weight is 336 g/mol. The Hall–Kier alpha value is -2.05. The van der Waals surface area contributed by atoms with Crippen molar-refractivity contribution in [2.45, 2.75) is 52.5 Å². The van der Waals surface area contributed by atoms with Crippen LogP contribution >= 0.6 is 0 Å². The highest BCUT2D eigenvalue weighted by atomic mass is 16.5. The Morgan fingerprint density at radius 1 is 1.42 bits per heavy atom. The number of aryl methyl sites for hydroxylation is 2. The molecule has 1 N–H and O–H groups in total. The summed E-state index contributed by atoms with van der Waals surface area (Å²) in [6.45, 7) is 9.23. The zero-order chi connectivity index (χ0) is 17.9. The molecule has 0 aliphatic carbocycles. The van der Waals surface area contributed by atoms with E-state index in [9.17, 15) is 9.59 Å². The number of likely N-dealkylation sites (tertiary alicyclic amines) is 1. The quantitative estimate of drug-likeness (QED) is 0.911. The maximum Gasteiger partial charge on any atom is 0.407 e. The van der Waals surface area contributed by atoms with E-state index in [0.717, 1.165) is 36.3 Å². The van der Waals surface area contributed by atoms with E-state index >= 15 is 0 Å². The fourth-order valence-corrected chi connectivity index (χ4v) is 3.45. The van der Waals surface area contributed by atoms with Gasteiger partial charge in [0.15, 0.2) is 0 Å². The highest BCUT2D eigenvalue weighted by molar-refractivity contribution is 5.84. The molecule has 0 radical (unpaired) electrons. The normalized spacial score (nSPS) is 19.0. The van der Waals surface area contributed by atoms with Crippen molar-refractivity contribution in [3.63, 3.8) is 0 Å². The first-order chi connectivity index (χ1) is 11.3. The fourth-order valence-electron chi connectivity index (χ4n) is 3.45. The van der Waals surface area contributed by atoms with E-state index in [1.165, 1.54) is 0 Å². The van der Waals surface area contributed by atoms with E-state index in [-0.39, 0.29) is 17.9 Å². The molecule has 2 amide bonds. The number of hydrogen-bond acceptors (Lipinski definition) is 4. The van der Waals surface area contributed by atoms with Crippen LogP contribution in [0.25, 0.3) is 0 Å². The second-order valence-electron chi connectivity index (χ2n) is 6.42. The molecule has 24 heavy (non-hydrogen) atoms. The molecule has 7 nitrogen and oxygen atoms in total. The second kappa shape index (κ2) is 7.68. The number of nitrogens with one attached hydrogen (secondary N) is 1. The summed E-state index contributed by atoms with van der Waals surface area (Å²) in [7, 11) is 1.89. The van der Waals surface area contributed by atoms with Gasteiger partial charge in [0.25, 0.3) is 0 Å². The van der Waals surface area contributed by atoms with Crippen LogP contribution in [0.15, 0.2) is 0 Å². The van der Waals surface area contributed by atoms with Gasteiger partial charge in [0.05, 0.1) is 18.2 Å². The maximum absolute atomic E-state index is 12.9. The van der Waals surface area contributed by atoms with Crippen LogP contribution in [0, 0.1) is 13.8 Å². The molecule has 2 rings (SSSR count). The van der Waals surface area contributed by atoms with Crippen molar-refractivity contribution < 1.29 is 14.3 Å². The van der Waals surface area contributed by atoms with Crippen molar-refractivity contribution in [3.05, 3.63) is 17.0 Å². The van der Waals surface area contributed by atoms with Crippen LogP contribution in [0.5, 0.6) is 0 Å². The number of ether oxygens (including phenoxy) is 1. The number of rotatable bonds is 4. The molecule has 134 valence electrons. The van der Waals surface area contributed by atoms with Crippen LogP contribution in [-0.4, -0.2) is 52.4 Å². The molecule has 7 heteroatoms. The van der Waals surface area contributed by atoms with Crippen molar-refractivity contribution in [3.8, 4) is 0 Å². The lowest BCUT2D eigenvalue weighted by Crippen LogP contribution is -2.50. The summed E-state index contributed by atoms with van der Waals surface area (Å²) >= 11 is 0. The first-order valence-corrected chi connectivity index (χ1v) is 8.57. The lowest BCUT2D eigenvalue weighted by Gasteiger charge is -2.34. The molecule has 2 heterocycles. The molecule has 1 aromatic heterocycles. The predicted octanol–water partition coefficient (Wildman–Crippen LogP) is 1.88. The summed E-state index contributed by atoms with van der Waals surface area (Å²) in [5.74, 6) is -0.149. The standard InChI is InChI=1S/C17H28N4O3/c1-6-24-17(23)18-14-8-7-9-21(10-14)16(22)11(2)15-12(3)19-20(5)13(15)4/h11,14H,6-10H2,1-5H3,(H,18,23). The van der Waals surface area contributed by atoms with Gasteiger partial charge in [0.1, 0.15) is 0 Å². The highest BCUT2D eigenvalue weighted by Gasteiger charge is 2.30. The molecule has 1 aliphatic rings. The van der Waals surface area contributed by atoms with E-state index in [2.05, 4.69) is 10.4 Å². The first kappa shape index (κ1) is 18.3. The van der Waals surface area contributed by atoms with Crippen LogP contribution in [0.1, 0.15) is 49.6 Å². The molecule has 1 fully saturated rings. The van der Waals surface area contributed by atoms with Crippen molar-refractivity contribution in [2.75, 3.05) is 19.7 Å². The van der Waals surface area contributed by atoms with Gasteiger partial charge in [-0.1, -0.05) is 0 Å². The number of aromatic nitrogens is 2. The Bertz CT molecular complexity index is 611. The van der Waals surface area contributed by atoms with Crippen molar-refractivity contribution in [1.29, 1.82) is 0 Å². The summed E-state index contributed by atoms with van der Waals surface area (Å²) < 4.78 is 6.74. The lowest BCUT2D eigenvalue weighted by atomic mass is 9.96. The Labute approximate surface area is 143 Å². The minimum absolute atomic E-state index is 0.0509. The highest BCUT2D eigenvalue weighted by Crippen LogP contribution is 2.26. The molecule has 0 spiro atoms. The van der Waals surface area contributed by atoms with Crippen molar-refractivity contribution >= 4 is 12.0 Å². The van der Waals surface area contributed by atoms with Gasteiger partial charge in [-0.3, -0.25) is 9.48 Å². The third kappa shape index (κ3) is 3.88. The molecule has 0 saturated carbocycles. The molecule has 2 unspecified atom stereocenters. The summed E-state index contributed by atoms with van der Waals surface area (Å²) in [6.07, 6.45) is 1.33. The largest absolute Gasteiger partial charge is 0.450 e. The average Bonchev–Trinajstić information content (AvgIpc) is 2.79. The summed E-state index contributed by atoms with van der Waals surface area (Å²) in [5.41, 5.74) is 2.92. The number of amides is 2. The molecule has 2 atom stereocenters. The smallest absolute Gasteiger partial charge is 0.407 e. The van der Waals surface area contributed by atoms with Gasteiger partial charge in [0, 0.05) is 37.4 Å². The van der Waals surface area contributed by atoms with E-state index in [1.54, 1.807) is 6.92 Å². The van der Waals surface area contributed by atoms with E-state index in [0.29, 0.717) is 13.2 Å². The summed E-state index contributed by atoms with van der Waals surface area (Å²) in [4.78, 5) is 26.3. The summed E-state index contributed by atoms with van der Waals surface area (Å²) in [6, 6.07) is -0.0509.